The fourth-order valence-corrected chi connectivity index (χ4v) is 2.00. The summed E-state index contributed by atoms with van der Waals surface area (Å²) in [6.07, 6.45) is 1.69. The normalized spacial score (nSPS) is 10.7. The fourth-order valence-electron chi connectivity index (χ4n) is 2.00. The van der Waals surface area contributed by atoms with E-state index < -0.39 is 0 Å². The largest absolute Gasteiger partial charge is 0.395 e. The molecule has 7 nitrogen and oxygen atoms in total. The Bertz CT molecular complexity index is 712. The minimum atomic E-state index is 0.0250. The smallest absolute Gasteiger partial charge is 0.226 e. The topological polar surface area (TPSA) is 98.7 Å². The van der Waals surface area contributed by atoms with E-state index in [2.05, 4.69) is 30.8 Å². The fraction of sp³-hybridized carbons (Fsp3) is 0.214. The van der Waals surface area contributed by atoms with Gasteiger partial charge in [-0.05, 0) is 5.56 Å². The lowest BCUT2D eigenvalue weighted by Gasteiger charge is -2.09. The molecular formula is C14H16N6O. The van der Waals surface area contributed by atoms with Gasteiger partial charge in [-0.3, -0.25) is 5.10 Å². The minimum absolute atomic E-state index is 0.0250. The van der Waals surface area contributed by atoms with E-state index in [0.717, 1.165) is 10.9 Å². The summed E-state index contributed by atoms with van der Waals surface area (Å²) in [5, 5.41) is 22.8. The molecule has 2 aromatic heterocycles. The molecule has 0 unspecified atom stereocenters. The Balaban J connectivity index is 1.83. The first-order valence-corrected chi connectivity index (χ1v) is 6.70. The monoisotopic (exact) mass is 284 g/mol. The van der Waals surface area contributed by atoms with Crippen LogP contribution in [0.5, 0.6) is 0 Å². The van der Waals surface area contributed by atoms with Crippen molar-refractivity contribution in [3.05, 3.63) is 42.1 Å². The molecule has 0 aliphatic heterocycles. The van der Waals surface area contributed by atoms with Crippen LogP contribution in [0.4, 0.5) is 11.8 Å². The quantitative estimate of drug-likeness (QED) is 0.545. The molecule has 2 heterocycles. The predicted octanol–water partition coefficient (Wildman–Crippen LogP) is 1.37. The van der Waals surface area contributed by atoms with Crippen molar-refractivity contribution in [2.24, 2.45) is 0 Å². The zero-order chi connectivity index (χ0) is 14.5. The molecule has 0 atom stereocenters. The van der Waals surface area contributed by atoms with Crippen LogP contribution in [0, 0.1) is 0 Å². The van der Waals surface area contributed by atoms with Gasteiger partial charge >= 0.3 is 0 Å². The second-order valence-corrected chi connectivity index (χ2v) is 4.52. The summed E-state index contributed by atoms with van der Waals surface area (Å²) in [6.45, 7) is 1.09. The Hall–Kier alpha value is -2.67. The number of anilines is 2. The molecule has 108 valence electrons. The highest BCUT2D eigenvalue weighted by Crippen LogP contribution is 2.20. The van der Waals surface area contributed by atoms with Gasteiger partial charge in [0.2, 0.25) is 5.95 Å². The third-order valence-electron chi connectivity index (χ3n) is 3.01. The van der Waals surface area contributed by atoms with Gasteiger partial charge in [-0.2, -0.15) is 15.1 Å². The molecule has 0 fully saturated rings. The van der Waals surface area contributed by atoms with E-state index in [0.29, 0.717) is 30.5 Å². The maximum Gasteiger partial charge on any atom is 0.226 e. The van der Waals surface area contributed by atoms with Crippen molar-refractivity contribution in [3.63, 3.8) is 0 Å². The number of aliphatic hydroxyl groups excluding tert-OH is 1. The molecule has 3 aromatic rings. The molecule has 21 heavy (non-hydrogen) atoms. The number of nitrogens with one attached hydrogen (secondary N) is 3. The summed E-state index contributed by atoms with van der Waals surface area (Å²) in [7, 11) is 0. The molecule has 0 saturated carbocycles. The number of benzene rings is 1. The highest BCUT2D eigenvalue weighted by molar-refractivity contribution is 5.86. The zero-order valence-corrected chi connectivity index (χ0v) is 11.4. The van der Waals surface area contributed by atoms with Crippen LogP contribution in [-0.4, -0.2) is 38.4 Å². The van der Waals surface area contributed by atoms with Crippen LogP contribution >= 0.6 is 0 Å². The number of hydrogen-bond acceptors (Lipinski definition) is 6. The van der Waals surface area contributed by atoms with Crippen LogP contribution < -0.4 is 10.6 Å². The van der Waals surface area contributed by atoms with E-state index in [9.17, 15) is 0 Å². The highest BCUT2D eigenvalue weighted by Gasteiger charge is 2.09. The van der Waals surface area contributed by atoms with Gasteiger partial charge in [-0.15, -0.1) is 0 Å². The lowest BCUT2D eigenvalue weighted by molar-refractivity contribution is 0.311. The standard InChI is InChI=1S/C14H16N6O/c21-7-6-15-14-18-12(11-9-17-20-13(11)19-14)16-8-10-4-2-1-3-5-10/h1-5,9,21H,6-8H2,(H3,15,16,17,18,19,20). The van der Waals surface area contributed by atoms with Crippen LogP contribution in [0.3, 0.4) is 0 Å². The zero-order valence-electron chi connectivity index (χ0n) is 11.4. The SMILES string of the molecule is OCCNc1nc(NCc2ccccc2)c2cn[nH]c2n1. The van der Waals surface area contributed by atoms with Crippen LogP contribution in [-0.2, 0) is 6.54 Å². The van der Waals surface area contributed by atoms with Gasteiger partial charge in [0.15, 0.2) is 5.65 Å². The first-order valence-electron chi connectivity index (χ1n) is 6.70. The van der Waals surface area contributed by atoms with Gasteiger partial charge < -0.3 is 15.7 Å². The molecule has 7 heteroatoms. The third kappa shape index (κ3) is 3.09. The molecule has 0 aliphatic rings. The second kappa shape index (κ2) is 6.19. The summed E-state index contributed by atoms with van der Waals surface area (Å²) in [4.78, 5) is 8.72. The Labute approximate surface area is 121 Å². The maximum atomic E-state index is 8.87. The predicted molar refractivity (Wildman–Crippen MR) is 81.0 cm³/mol. The van der Waals surface area contributed by atoms with E-state index in [1.807, 2.05) is 30.3 Å². The van der Waals surface area contributed by atoms with E-state index in [1.54, 1.807) is 6.20 Å². The average molecular weight is 284 g/mol. The summed E-state index contributed by atoms with van der Waals surface area (Å²) in [6, 6.07) is 10.1. The second-order valence-electron chi connectivity index (χ2n) is 4.52. The Morgan fingerprint density at radius 2 is 1.95 bits per heavy atom. The van der Waals surface area contributed by atoms with Crippen molar-refractivity contribution in [3.8, 4) is 0 Å². The lowest BCUT2D eigenvalue weighted by atomic mass is 10.2. The Morgan fingerprint density at radius 3 is 2.76 bits per heavy atom. The molecule has 0 radical (unpaired) electrons. The van der Waals surface area contributed by atoms with Gasteiger partial charge in [-0.25, -0.2) is 0 Å². The number of fused-ring (bicyclic) bond motifs is 1. The molecule has 0 amide bonds. The number of aromatic nitrogens is 4. The van der Waals surface area contributed by atoms with E-state index in [1.165, 1.54) is 0 Å². The third-order valence-corrected chi connectivity index (χ3v) is 3.01. The summed E-state index contributed by atoms with van der Waals surface area (Å²) in [5.41, 5.74) is 1.82. The Kier molecular flexibility index (Phi) is 3.92. The number of H-pyrrole nitrogens is 1. The molecule has 4 N–H and O–H groups in total. The van der Waals surface area contributed by atoms with Crippen LogP contribution in [0.1, 0.15) is 5.56 Å². The van der Waals surface area contributed by atoms with Crippen LogP contribution in [0.25, 0.3) is 11.0 Å². The van der Waals surface area contributed by atoms with Crippen molar-refractivity contribution in [1.82, 2.24) is 20.2 Å². The van der Waals surface area contributed by atoms with Crippen LogP contribution in [0.15, 0.2) is 36.5 Å². The number of rotatable bonds is 6. The van der Waals surface area contributed by atoms with Gasteiger partial charge in [0.05, 0.1) is 18.2 Å². The number of nitrogens with zero attached hydrogens (tertiary/aromatic N) is 3. The molecule has 0 saturated heterocycles. The number of aliphatic hydroxyl groups is 1. The molecule has 0 bridgehead atoms. The Morgan fingerprint density at radius 1 is 1.10 bits per heavy atom. The molecule has 0 spiro atoms. The molecule has 0 aliphatic carbocycles. The van der Waals surface area contributed by atoms with E-state index in [-0.39, 0.29) is 6.61 Å². The van der Waals surface area contributed by atoms with Crippen molar-refractivity contribution in [2.75, 3.05) is 23.8 Å². The van der Waals surface area contributed by atoms with Crippen molar-refractivity contribution >= 4 is 22.8 Å². The summed E-state index contributed by atoms with van der Waals surface area (Å²) in [5.74, 6) is 1.16. The molecular weight excluding hydrogens is 268 g/mol. The summed E-state index contributed by atoms with van der Waals surface area (Å²) >= 11 is 0. The molecule has 3 rings (SSSR count). The van der Waals surface area contributed by atoms with Crippen molar-refractivity contribution in [2.45, 2.75) is 6.54 Å². The first-order chi connectivity index (χ1) is 10.4. The van der Waals surface area contributed by atoms with E-state index in [4.69, 9.17) is 5.11 Å². The highest BCUT2D eigenvalue weighted by atomic mass is 16.3. The van der Waals surface area contributed by atoms with Crippen LogP contribution in [0.2, 0.25) is 0 Å². The van der Waals surface area contributed by atoms with E-state index >= 15 is 0 Å². The minimum Gasteiger partial charge on any atom is -0.395 e. The average Bonchev–Trinajstić information content (AvgIpc) is 3.00. The first kappa shape index (κ1) is 13.3. The van der Waals surface area contributed by atoms with Gasteiger partial charge in [0.25, 0.3) is 0 Å². The van der Waals surface area contributed by atoms with Crippen molar-refractivity contribution < 1.29 is 5.11 Å². The van der Waals surface area contributed by atoms with Gasteiger partial charge in [0.1, 0.15) is 5.82 Å². The molecule has 1 aromatic carbocycles. The van der Waals surface area contributed by atoms with Gasteiger partial charge in [0, 0.05) is 13.1 Å². The lowest BCUT2D eigenvalue weighted by Crippen LogP contribution is -2.10. The summed E-state index contributed by atoms with van der Waals surface area (Å²) < 4.78 is 0. The number of hydrogen-bond donors (Lipinski definition) is 4. The maximum absolute atomic E-state index is 8.87. The van der Waals surface area contributed by atoms with Crippen molar-refractivity contribution in [1.29, 1.82) is 0 Å². The number of aromatic amines is 1. The van der Waals surface area contributed by atoms with Gasteiger partial charge in [-0.1, -0.05) is 30.3 Å².